The molecular weight excluding hydrogens is 232 g/mol. The third kappa shape index (κ3) is 3.30. The van der Waals surface area contributed by atoms with Crippen LogP contribution >= 0.6 is 0 Å². The first-order chi connectivity index (χ1) is 8.47. The molecule has 1 aromatic carbocycles. The Hall–Kier alpha value is -1.88. The SMILES string of the molecule is CC(C)c1ccc(N(CCO)C(=O)C(N)=O)cc1. The molecule has 0 bridgehead atoms. The summed E-state index contributed by atoms with van der Waals surface area (Å²) in [7, 11) is 0. The van der Waals surface area contributed by atoms with Gasteiger partial charge in [0.2, 0.25) is 0 Å². The summed E-state index contributed by atoms with van der Waals surface area (Å²) in [5.41, 5.74) is 6.66. The van der Waals surface area contributed by atoms with Crippen molar-refractivity contribution in [3.05, 3.63) is 29.8 Å². The smallest absolute Gasteiger partial charge is 0.316 e. The van der Waals surface area contributed by atoms with Gasteiger partial charge >= 0.3 is 11.8 Å². The molecule has 0 aliphatic heterocycles. The molecule has 1 rings (SSSR count). The van der Waals surface area contributed by atoms with Gasteiger partial charge in [0.05, 0.1) is 6.61 Å². The Morgan fingerprint density at radius 2 is 1.83 bits per heavy atom. The van der Waals surface area contributed by atoms with Gasteiger partial charge < -0.3 is 15.7 Å². The van der Waals surface area contributed by atoms with E-state index in [0.29, 0.717) is 11.6 Å². The van der Waals surface area contributed by atoms with Crippen molar-refractivity contribution >= 4 is 17.5 Å². The van der Waals surface area contributed by atoms with Crippen LogP contribution in [-0.4, -0.2) is 30.1 Å². The molecule has 0 aromatic heterocycles. The highest BCUT2D eigenvalue weighted by Crippen LogP contribution is 2.20. The van der Waals surface area contributed by atoms with Gasteiger partial charge in [0, 0.05) is 12.2 Å². The summed E-state index contributed by atoms with van der Waals surface area (Å²) in [5.74, 6) is -1.46. The minimum Gasteiger partial charge on any atom is -0.395 e. The fourth-order valence-corrected chi connectivity index (χ4v) is 1.62. The molecular formula is C13H18N2O3. The average Bonchev–Trinajstić information content (AvgIpc) is 2.35. The van der Waals surface area contributed by atoms with Crippen LogP contribution in [0.1, 0.15) is 25.3 Å². The van der Waals surface area contributed by atoms with Gasteiger partial charge in [0.15, 0.2) is 0 Å². The van der Waals surface area contributed by atoms with Crippen LogP contribution in [-0.2, 0) is 9.59 Å². The molecule has 18 heavy (non-hydrogen) atoms. The number of aliphatic hydroxyl groups excluding tert-OH is 1. The molecule has 0 radical (unpaired) electrons. The highest BCUT2D eigenvalue weighted by molar-refractivity contribution is 6.39. The van der Waals surface area contributed by atoms with Gasteiger partial charge in [-0.1, -0.05) is 26.0 Å². The number of hydrogen-bond donors (Lipinski definition) is 2. The van der Waals surface area contributed by atoms with E-state index in [2.05, 4.69) is 13.8 Å². The fraction of sp³-hybridized carbons (Fsp3) is 0.385. The lowest BCUT2D eigenvalue weighted by atomic mass is 10.0. The molecule has 98 valence electrons. The zero-order valence-corrected chi connectivity index (χ0v) is 10.6. The molecule has 0 aliphatic carbocycles. The number of nitrogens with two attached hydrogens (primary N) is 1. The van der Waals surface area contributed by atoms with Gasteiger partial charge in [0.1, 0.15) is 0 Å². The lowest BCUT2D eigenvalue weighted by Gasteiger charge is -2.20. The number of hydrogen-bond acceptors (Lipinski definition) is 3. The second kappa shape index (κ2) is 6.16. The number of carbonyl (C=O) groups is 2. The van der Waals surface area contributed by atoms with Gasteiger partial charge in [0.25, 0.3) is 0 Å². The maximum atomic E-state index is 11.6. The standard InChI is InChI=1S/C13H18N2O3/c1-9(2)10-3-5-11(6-4-10)15(7-8-16)13(18)12(14)17/h3-6,9,16H,7-8H2,1-2H3,(H2,14,17). The number of nitrogens with zero attached hydrogens (tertiary/aromatic N) is 1. The van der Waals surface area contributed by atoms with Crippen LogP contribution < -0.4 is 10.6 Å². The number of benzene rings is 1. The van der Waals surface area contributed by atoms with Crippen LogP contribution in [0.4, 0.5) is 5.69 Å². The highest BCUT2D eigenvalue weighted by Gasteiger charge is 2.20. The summed E-state index contributed by atoms with van der Waals surface area (Å²) >= 11 is 0. The molecule has 3 N–H and O–H groups in total. The summed E-state index contributed by atoms with van der Waals surface area (Å²) < 4.78 is 0. The van der Waals surface area contributed by atoms with Gasteiger partial charge in [-0.3, -0.25) is 9.59 Å². The number of carbonyl (C=O) groups excluding carboxylic acids is 2. The Balaban J connectivity index is 2.99. The molecule has 1 aromatic rings. The largest absolute Gasteiger partial charge is 0.395 e. The molecule has 0 atom stereocenters. The molecule has 0 spiro atoms. The van der Waals surface area contributed by atoms with E-state index in [-0.39, 0.29) is 13.2 Å². The third-order valence-electron chi connectivity index (χ3n) is 2.65. The minimum absolute atomic E-state index is 0.0444. The minimum atomic E-state index is -1.03. The molecule has 0 aliphatic rings. The Bertz CT molecular complexity index is 426. The third-order valence-corrected chi connectivity index (χ3v) is 2.65. The van der Waals surface area contributed by atoms with Crippen molar-refractivity contribution in [3.63, 3.8) is 0 Å². The lowest BCUT2D eigenvalue weighted by Crippen LogP contribution is -2.42. The van der Waals surface area contributed by atoms with E-state index in [0.717, 1.165) is 5.56 Å². The summed E-state index contributed by atoms with van der Waals surface area (Å²) in [5, 5.41) is 8.93. The van der Waals surface area contributed by atoms with Crippen LogP contribution in [0.15, 0.2) is 24.3 Å². The van der Waals surface area contributed by atoms with Crippen LogP contribution in [0.5, 0.6) is 0 Å². The Labute approximate surface area is 106 Å². The number of anilines is 1. The second-order valence-electron chi connectivity index (χ2n) is 4.29. The Morgan fingerprint density at radius 3 is 2.22 bits per heavy atom. The normalized spacial score (nSPS) is 10.4. The Morgan fingerprint density at radius 1 is 1.28 bits per heavy atom. The Kier molecular flexibility index (Phi) is 4.85. The second-order valence-corrected chi connectivity index (χ2v) is 4.29. The van der Waals surface area contributed by atoms with Crippen LogP contribution in [0, 0.1) is 0 Å². The van der Waals surface area contributed by atoms with E-state index in [4.69, 9.17) is 10.8 Å². The molecule has 2 amide bonds. The van der Waals surface area contributed by atoms with Crippen LogP contribution in [0.25, 0.3) is 0 Å². The van der Waals surface area contributed by atoms with Crippen molar-refractivity contribution in [2.24, 2.45) is 5.73 Å². The van der Waals surface area contributed by atoms with Crippen LogP contribution in [0.3, 0.4) is 0 Å². The zero-order valence-electron chi connectivity index (χ0n) is 10.6. The number of primary amides is 1. The van der Waals surface area contributed by atoms with E-state index in [9.17, 15) is 9.59 Å². The first-order valence-electron chi connectivity index (χ1n) is 5.79. The van der Waals surface area contributed by atoms with Crippen molar-refractivity contribution in [2.75, 3.05) is 18.1 Å². The van der Waals surface area contributed by atoms with E-state index in [1.54, 1.807) is 12.1 Å². The van der Waals surface area contributed by atoms with Crippen molar-refractivity contribution < 1.29 is 14.7 Å². The van der Waals surface area contributed by atoms with Crippen molar-refractivity contribution in [1.29, 1.82) is 0 Å². The maximum absolute atomic E-state index is 11.6. The van der Waals surface area contributed by atoms with Gasteiger partial charge in [-0.25, -0.2) is 0 Å². The highest BCUT2D eigenvalue weighted by atomic mass is 16.3. The van der Waals surface area contributed by atoms with Crippen molar-refractivity contribution in [1.82, 2.24) is 0 Å². The summed E-state index contributed by atoms with van der Waals surface area (Å²) in [6.45, 7) is 3.94. The van der Waals surface area contributed by atoms with E-state index in [1.807, 2.05) is 12.1 Å². The van der Waals surface area contributed by atoms with Gasteiger partial charge in [-0.15, -0.1) is 0 Å². The summed E-state index contributed by atoms with van der Waals surface area (Å²) in [6, 6.07) is 7.26. The molecule has 5 nitrogen and oxygen atoms in total. The summed E-state index contributed by atoms with van der Waals surface area (Å²) in [4.78, 5) is 23.7. The predicted octanol–water partition coefficient (Wildman–Crippen LogP) is 0.621. The number of aliphatic hydroxyl groups is 1. The quantitative estimate of drug-likeness (QED) is 0.768. The first kappa shape index (κ1) is 14.2. The number of amides is 2. The summed E-state index contributed by atoms with van der Waals surface area (Å²) in [6.07, 6.45) is 0. The topological polar surface area (TPSA) is 83.6 Å². The fourth-order valence-electron chi connectivity index (χ4n) is 1.62. The molecule has 5 heteroatoms. The van der Waals surface area contributed by atoms with Gasteiger partial charge in [-0.05, 0) is 23.6 Å². The predicted molar refractivity (Wildman–Crippen MR) is 69.2 cm³/mol. The number of rotatable bonds is 4. The van der Waals surface area contributed by atoms with Crippen LogP contribution in [0.2, 0.25) is 0 Å². The molecule has 0 saturated heterocycles. The maximum Gasteiger partial charge on any atom is 0.316 e. The van der Waals surface area contributed by atoms with Crippen molar-refractivity contribution in [3.8, 4) is 0 Å². The molecule has 0 saturated carbocycles. The molecule has 0 unspecified atom stereocenters. The lowest BCUT2D eigenvalue weighted by molar-refractivity contribution is -0.135. The van der Waals surface area contributed by atoms with E-state index in [1.165, 1.54) is 4.90 Å². The van der Waals surface area contributed by atoms with E-state index < -0.39 is 11.8 Å². The monoisotopic (exact) mass is 250 g/mol. The van der Waals surface area contributed by atoms with Crippen molar-refractivity contribution in [2.45, 2.75) is 19.8 Å². The zero-order chi connectivity index (χ0) is 13.7. The molecule has 0 heterocycles. The molecule has 0 fully saturated rings. The first-order valence-corrected chi connectivity index (χ1v) is 5.79. The average molecular weight is 250 g/mol. The van der Waals surface area contributed by atoms with E-state index >= 15 is 0 Å². The van der Waals surface area contributed by atoms with Gasteiger partial charge in [-0.2, -0.15) is 0 Å².